The van der Waals surface area contributed by atoms with Gasteiger partial charge in [-0.1, -0.05) is 49.6 Å². The second kappa shape index (κ2) is 6.75. The van der Waals surface area contributed by atoms with E-state index in [9.17, 15) is 19.5 Å². The van der Waals surface area contributed by atoms with E-state index in [4.69, 9.17) is 0 Å². The van der Waals surface area contributed by atoms with Crippen LogP contribution in [-0.4, -0.2) is 34.3 Å². The normalized spacial score (nSPS) is 25.2. The molecule has 1 aliphatic carbocycles. The van der Waals surface area contributed by atoms with Gasteiger partial charge >= 0.3 is 5.97 Å². The first-order chi connectivity index (χ1) is 11.5. The highest BCUT2D eigenvalue weighted by atomic mass is 16.4. The first-order valence-electron chi connectivity index (χ1n) is 8.65. The summed E-state index contributed by atoms with van der Waals surface area (Å²) < 4.78 is 0. The lowest BCUT2D eigenvalue weighted by atomic mass is 9.76. The lowest BCUT2D eigenvalue weighted by molar-refractivity contribution is -0.145. The molecule has 1 aromatic carbocycles. The van der Waals surface area contributed by atoms with Gasteiger partial charge in [-0.2, -0.15) is 0 Å². The Kier molecular flexibility index (Phi) is 4.69. The molecule has 1 saturated carbocycles. The number of nitrogens with zero attached hydrogens (tertiary/aromatic N) is 1. The number of carbonyl (C=O) groups excluding carboxylic acids is 2. The second-order valence-electron chi connectivity index (χ2n) is 7.01. The highest BCUT2D eigenvalue weighted by molar-refractivity contribution is 6.10. The average molecular weight is 329 g/mol. The highest BCUT2D eigenvalue weighted by Crippen LogP contribution is 2.40. The summed E-state index contributed by atoms with van der Waals surface area (Å²) >= 11 is 0. The van der Waals surface area contributed by atoms with Gasteiger partial charge in [0.2, 0.25) is 11.8 Å². The van der Waals surface area contributed by atoms with E-state index in [1.807, 2.05) is 6.07 Å². The van der Waals surface area contributed by atoms with Crippen molar-refractivity contribution in [1.82, 2.24) is 4.90 Å². The van der Waals surface area contributed by atoms with Crippen LogP contribution in [0.4, 0.5) is 0 Å². The lowest BCUT2D eigenvalue weighted by Gasteiger charge is -2.29. The molecule has 1 aromatic rings. The summed E-state index contributed by atoms with van der Waals surface area (Å²) in [6.07, 6.45) is 5.17. The number of rotatable bonds is 5. The van der Waals surface area contributed by atoms with Gasteiger partial charge < -0.3 is 5.11 Å². The number of hydrogen-bond acceptors (Lipinski definition) is 3. The molecule has 1 heterocycles. The lowest BCUT2D eigenvalue weighted by Crippen LogP contribution is -2.42. The van der Waals surface area contributed by atoms with Crippen LogP contribution in [0.25, 0.3) is 0 Å². The van der Waals surface area contributed by atoms with Gasteiger partial charge in [0.25, 0.3) is 0 Å². The van der Waals surface area contributed by atoms with Crippen molar-refractivity contribution in [2.75, 3.05) is 6.54 Å². The fourth-order valence-corrected chi connectivity index (χ4v) is 4.09. The van der Waals surface area contributed by atoms with E-state index in [-0.39, 0.29) is 24.7 Å². The number of carboxylic acid groups (broad SMARTS) is 1. The molecule has 0 bridgehead atoms. The molecule has 5 heteroatoms. The quantitative estimate of drug-likeness (QED) is 0.843. The van der Waals surface area contributed by atoms with Crippen LogP contribution >= 0.6 is 0 Å². The van der Waals surface area contributed by atoms with Crippen LogP contribution in [0, 0.1) is 5.92 Å². The number of benzene rings is 1. The molecule has 1 N–H and O–H groups in total. The summed E-state index contributed by atoms with van der Waals surface area (Å²) in [6.45, 7) is 0.436. The van der Waals surface area contributed by atoms with Crippen molar-refractivity contribution in [3.63, 3.8) is 0 Å². The summed E-state index contributed by atoms with van der Waals surface area (Å²) in [5, 5.41) is 9.33. The molecule has 128 valence electrons. The fourth-order valence-electron chi connectivity index (χ4n) is 4.09. The Labute approximate surface area is 141 Å². The second-order valence-corrected chi connectivity index (χ2v) is 7.01. The fraction of sp³-hybridized carbons (Fsp3) is 0.526. The Morgan fingerprint density at radius 3 is 2.42 bits per heavy atom. The predicted molar refractivity (Wildman–Crippen MR) is 88.3 cm³/mol. The molecule has 1 saturated heterocycles. The smallest absolute Gasteiger partial charge is 0.304 e. The molecule has 0 spiro atoms. The van der Waals surface area contributed by atoms with Crippen molar-refractivity contribution in [2.45, 2.75) is 50.4 Å². The molecule has 3 rings (SSSR count). The summed E-state index contributed by atoms with van der Waals surface area (Å²) in [4.78, 5) is 38.4. The minimum absolute atomic E-state index is 0.0468. The van der Waals surface area contributed by atoms with Crippen LogP contribution < -0.4 is 0 Å². The molecule has 1 aliphatic heterocycles. The Morgan fingerprint density at radius 1 is 1.12 bits per heavy atom. The van der Waals surface area contributed by atoms with Crippen LogP contribution in [0.5, 0.6) is 0 Å². The summed E-state index contributed by atoms with van der Waals surface area (Å²) in [5.41, 5.74) is -0.629. The maximum absolute atomic E-state index is 13.1. The van der Waals surface area contributed by atoms with Crippen LogP contribution in [0.15, 0.2) is 30.3 Å². The molecule has 5 nitrogen and oxygen atoms in total. The van der Waals surface area contributed by atoms with Gasteiger partial charge in [0.1, 0.15) is 0 Å². The van der Waals surface area contributed by atoms with Crippen molar-refractivity contribution >= 4 is 17.8 Å². The molecule has 24 heavy (non-hydrogen) atoms. The summed E-state index contributed by atoms with van der Waals surface area (Å²) in [6, 6.07) is 8.87. The molecule has 0 radical (unpaired) electrons. The SMILES string of the molecule is O=C(O)C[C@]1(c2ccccc2)CC(=O)N(CC2CCCCC2)C1=O. The van der Waals surface area contributed by atoms with Crippen LogP contribution in [0.2, 0.25) is 0 Å². The van der Waals surface area contributed by atoms with E-state index >= 15 is 0 Å². The van der Waals surface area contributed by atoms with Crippen LogP contribution in [0.1, 0.15) is 50.5 Å². The van der Waals surface area contributed by atoms with Crippen LogP contribution in [0.3, 0.4) is 0 Å². The van der Waals surface area contributed by atoms with E-state index in [1.54, 1.807) is 24.3 Å². The topological polar surface area (TPSA) is 74.7 Å². The molecule has 2 amide bonds. The number of aliphatic carboxylic acids is 1. The van der Waals surface area contributed by atoms with E-state index in [1.165, 1.54) is 11.3 Å². The number of amides is 2. The molecule has 0 aromatic heterocycles. The van der Waals surface area contributed by atoms with Gasteiger partial charge in [-0.3, -0.25) is 19.3 Å². The number of carbonyl (C=O) groups is 3. The Morgan fingerprint density at radius 2 is 1.79 bits per heavy atom. The van der Waals surface area contributed by atoms with Gasteiger partial charge in [-0.15, -0.1) is 0 Å². The Balaban J connectivity index is 1.88. The number of likely N-dealkylation sites (tertiary alicyclic amines) is 1. The zero-order valence-electron chi connectivity index (χ0n) is 13.7. The summed E-state index contributed by atoms with van der Waals surface area (Å²) in [5.74, 6) is -1.29. The van der Waals surface area contributed by atoms with Gasteiger partial charge in [0, 0.05) is 13.0 Å². The molecule has 0 unspecified atom stereocenters. The molecule has 2 fully saturated rings. The van der Waals surface area contributed by atoms with E-state index in [0.717, 1.165) is 25.7 Å². The number of carboxylic acids is 1. The maximum Gasteiger partial charge on any atom is 0.304 e. The monoisotopic (exact) mass is 329 g/mol. The predicted octanol–water partition coefficient (Wildman–Crippen LogP) is 2.74. The Bertz CT molecular complexity index is 636. The van der Waals surface area contributed by atoms with Crippen molar-refractivity contribution in [2.24, 2.45) is 5.92 Å². The zero-order chi connectivity index (χ0) is 17.2. The largest absolute Gasteiger partial charge is 0.481 e. The molecule has 2 aliphatic rings. The third-order valence-corrected chi connectivity index (χ3v) is 5.35. The van der Waals surface area contributed by atoms with Gasteiger partial charge in [0.05, 0.1) is 11.8 Å². The van der Waals surface area contributed by atoms with E-state index in [2.05, 4.69) is 0 Å². The third-order valence-electron chi connectivity index (χ3n) is 5.35. The third kappa shape index (κ3) is 3.07. The molecular formula is C19H23NO4. The standard InChI is InChI=1S/C19H23NO4/c21-16-11-19(12-17(22)23,15-9-5-2-6-10-15)18(24)20(16)13-14-7-3-1-4-8-14/h2,5-6,9-10,14H,1,3-4,7-8,11-13H2,(H,22,23)/t19-/m0/s1. The highest BCUT2D eigenvalue weighted by Gasteiger charge is 2.54. The summed E-state index contributed by atoms with van der Waals surface area (Å²) in [7, 11) is 0. The molecule has 1 atom stereocenters. The first kappa shape index (κ1) is 16.7. The van der Waals surface area contributed by atoms with Crippen molar-refractivity contribution in [3.8, 4) is 0 Å². The molecular weight excluding hydrogens is 306 g/mol. The van der Waals surface area contributed by atoms with Gasteiger partial charge in [-0.25, -0.2) is 0 Å². The maximum atomic E-state index is 13.1. The van der Waals surface area contributed by atoms with Crippen LogP contribution in [-0.2, 0) is 19.8 Å². The number of hydrogen-bond donors (Lipinski definition) is 1. The van der Waals surface area contributed by atoms with E-state index in [0.29, 0.717) is 18.0 Å². The first-order valence-corrected chi connectivity index (χ1v) is 8.65. The average Bonchev–Trinajstić information content (AvgIpc) is 2.81. The van der Waals surface area contributed by atoms with Crippen molar-refractivity contribution in [1.29, 1.82) is 0 Å². The van der Waals surface area contributed by atoms with Crippen molar-refractivity contribution < 1.29 is 19.5 Å². The van der Waals surface area contributed by atoms with Crippen molar-refractivity contribution in [3.05, 3.63) is 35.9 Å². The minimum Gasteiger partial charge on any atom is -0.481 e. The van der Waals surface area contributed by atoms with Gasteiger partial charge in [0.15, 0.2) is 0 Å². The van der Waals surface area contributed by atoms with Gasteiger partial charge in [-0.05, 0) is 24.3 Å². The van der Waals surface area contributed by atoms with E-state index < -0.39 is 11.4 Å². The zero-order valence-corrected chi connectivity index (χ0v) is 13.7. The minimum atomic E-state index is -1.25. The number of imide groups is 1. The Hall–Kier alpha value is -2.17.